The molecule has 30 heavy (non-hydrogen) atoms. The Balaban J connectivity index is 2.37. The molecule has 156 valence electrons. The zero-order valence-electron chi connectivity index (χ0n) is 15.8. The second-order valence-corrected chi connectivity index (χ2v) is 7.51. The van der Waals surface area contributed by atoms with Gasteiger partial charge in [-0.2, -0.15) is 0 Å². The molecular formula is C20H17BrFN3O5. The summed E-state index contributed by atoms with van der Waals surface area (Å²) in [5.74, 6) is -2.51. The highest BCUT2D eigenvalue weighted by Gasteiger charge is 2.28. The summed E-state index contributed by atoms with van der Waals surface area (Å²) < 4.78 is 17.0. The Morgan fingerprint density at radius 1 is 1.33 bits per heavy atom. The van der Waals surface area contributed by atoms with Gasteiger partial charge >= 0.3 is 11.7 Å². The molecule has 8 nitrogen and oxygen atoms in total. The number of pyridine rings is 1. The number of nitro groups is 1. The standard InChI is InChI=1S/C20H17BrFN3O5/c1-2-3-8-24-10-14(20(27)28)19(26)13-9-15(22)16(18(17(13)24)25(29)30)23-12-6-4-11(21)5-7-12/h4-7,9-10,23H,2-3,8H2,1H3,(H,27,28). The second-order valence-electron chi connectivity index (χ2n) is 6.59. The minimum absolute atomic E-state index is 0.121. The first kappa shape index (κ1) is 21.4. The molecule has 0 aliphatic carbocycles. The highest BCUT2D eigenvalue weighted by atomic mass is 79.9. The lowest BCUT2D eigenvalue weighted by atomic mass is 10.1. The van der Waals surface area contributed by atoms with Crippen molar-refractivity contribution in [2.75, 3.05) is 5.32 Å². The van der Waals surface area contributed by atoms with Crippen molar-refractivity contribution in [2.24, 2.45) is 0 Å². The van der Waals surface area contributed by atoms with Crippen LogP contribution in [-0.2, 0) is 6.54 Å². The van der Waals surface area contributed by atoms with Gasteiger partial charge in [0.05, 0.1) is 10.3 Å². The van der Waals surface area contributed by atoms with Gasteiger partial charge in [0, 0.05) is 22.9 Å². The minimum Gasteiger partial charge on any atom is -0.477 e. The van der Waals surface area contributed by atoms with E-state index in [1.807, 2.05) is 6.92 Å². The number of halogens is 2. The van der Waals surface area contributed by atoms with Gasteiger partial charge in [0.1, 0.15) is 11.1 Å². The van der Waals surface area contributed by atoms with Gasteiger partial charge in [-0.3, -0.25) is 14.9 Å². The van der Waals surface area contributed by atoms with Gasteiger partial charge in [0.15, 0.2) is 11.5 Å². The molecule has 3 aromatic rings. The average molecular weight is 478 g/mol. The van der Waals surface area contributed by atoms with E-state index in [2.05, 4.69) is 21.2 Å². The van der Waals surface area contributed by atoms with E-state index in [9.17, 15) is 29.2 Å². The first-order valence-electron chi connectivity index (χ1n) is 9.04. The van der Waals surface area contributed by atoms with Crippen LogP contribution in [-0.4, -0.2) is 20.6 Å². The Morgan fingerprint density at radius 2 is 2.00 bits per heavy atom. The van der Waals surface area contributed by atoms with E-state index in [1.54, 1.807) is 24.3 Å². The highest BCUT2D eigenvalue weighted by molar-refractivity contribution is 9.10. The van der Waals surface area contributed by atoms with Crippen molar-refractivity contribution >= 4 is 49.9 Å². The maximum Gasteiger partial charge on any atom is 0.341 e. The van der Waals surface area contributed by atoms with Crippen molar-refractivity contribution < 1.29 is 19.2 Å². The Kier molecular flexibility index (Phi) is 6.16. The van der Waals surface area contributed by atoms with E-state index in [-0.39, 0.29) is 17.4 Å². The van der Waals surface area contributed by atoms with E-state index in [1.165, 1.54) is 4.57 Å². The number of benzene rings is 2. The Bertz CT molecular complexity index is 1210. The first-order chi connectivity index (χ1) is 14.2. The third-order valence-corrected chi connectivity index (χ3v) is 5.10. The number of aromatic nitrogens is 1. The molecule has 0 fully saturated rings. The van der Waals surface area contributed by atoms with Gasteiger partial charge in [0.2, 0.25) is 5.43 Å². The summed E-state index contributed by atoms with van der Waals surface area (Å²) in [5, 5.41) is 23.6. The molecule has 0 saturated heterocycles. The summed E-state index contributed by atoms with van der Waals surface area (Å²) in [6.07, 6.45) is 2.40. The lowest BCUT2D eigenvalue weighted by Gasteiger charge is -2.15. The number of carbonyl (C=O) groups is 1. The maximum atomic E-state index is 14.9. The Hall–Kier alpha value is -3.27. The summed E-state index contributed by atoms with van der Waals surface area (Å²) in [7, 11) is 0. The van der Waals surface area contributed by atoms with Crippen LogP contribution in [0.3, 0.4) is 0 Å². The van der Waals surface area contributed by atoms with Crippen molar-refractivity contribution in [3.8, 4) is 0 Å². The smallest absolute Gasteiger partial charge is 0.341 e. The summed E-state index contributed by atoms with van der Waals surface area (Å²) in [5.41, 5.74) is -2.28. The SMILES string of the molecule is CCCCn1cc(C(=O)O)c(=O)c2cc(F)c(Nc3ccc(Br)cc3)c([N+](=O)[O-])c21. The molecular weight excluding hydrogens is 461 g/mol. The number of aryl methyl sites for hydroxylation is 1. The minimum atomic E-state index is -1.48. The largest absolute Gasteiger partial charge is 0.477 e. The molecule has 0 radical (unpaired) electrons. The van der Waals surface area contributed by atoms with E-state index < -0.39 is 39.1 Å². The number of unbranched alkanes of at least 4 members (excludes halogenated alkanes) is 1. The van der Waals surface area contributed by atoms with Gasteiger partial charge in [0.25, 0.3) is 0 Å². The summed E-state index contributed by atoms with van der Waals surface area (Å²) in [6, 6.07) is 7.43. The molecule has 1 aromatic heterocycles. The lowest BCUT2D eigenvalue weighted by molar-refractivity contribution is -0.382. The Morgan fingerprint density at radius 3 is 2.57 bits per heavy atom. The molecule has 2 aromatic carbocycles. The number of aromatic carboxylic acids is 1. The number of carboxylic acid groups (broad SMARTS) is 1. The number of hydrogen-bond acceptors (Lipinski definition) is 5. The van der Waals surface area contributed by atoms with Crippen LogP contribution in [0.1, 0.15) is 30.1 Å². The van der Waals surface area contributed by atoms with Crippen molar-refractivity contribution in [2.45, 2.75) is 26.3 Å². The molecule has 0 spiro atoms. The third kappa shape index (κ3) is 4.04. The van der Waals surface area contributed by atoms with Crippen LogP contribution in [0.15, 0.2) is 45.8 Å². The molecule has 1 heterocycles. The van der Waals surface area contributed by atoms with E-state index >= 15 is 0 Å². The lowest BCUT2D eigenvalue weighted by Crippen LogP contribution is -2.20. The summed E-state index contributed by atoms with van der Waals surface area (Å²) >= 11 is 3.28. The molecule has 0 saturated carbocycles. The fraction of sp³-hybridized carbons (Fsp3) is 0.200. The van der Waals surface area contributed by atoms with Gasteiger partial charge < -0.3 is 15.0 Å². The van der Waals surface area contributed by atoms with Gasteiger partial charge in [-0.05, 0) is 36.8 Å². The number of rotatable bonds is 7. The van der Waals surface area contributed by atoms with Gasteiger partial charge in [-0.15, -0.1) is 0 Å². The zero-order valence-corrected chi connectivity index (χ0v) is 17.4. The molecule has 0 aliphatic rings. The topological polar surface area (TPSA) is 114 Å². The van der Waals surface area contributed by atoms with Crippen LogP contribution in [0.4, 0.5) is 21.5 Å². The molecule has 2 N–H and O–H groups in total. The third-order valence-electron chi connectivity index (χ3n) is 4.57. The van der Waals surface area contributed by atoms with E-state index in [0.717, 1.165) is 23.2 Å². The summed E-state index contributed by atoms with van der Waals surface area (Å²) in [6.45, 7) is 2.13. The van der Waals surface area contributed by atoms with E-state index in [0.29, 0.717) is 12.1 Å². The van der Waals surface area contributed by atoms with Crippen LogP contribution >= 0.6 is 15.9 Å². The molecule has 0 bridgehead atoms. The molecule has 0 amide bonds. The number of nitrogens with one attached hydrogen (secondary N) is 1. The second kappa shape index (κ2) is 8.62. The van der Waals surface area contributed by atoms with Crippen molar-refractivity contribution in [1.82, 2.24) is 4.57 Å². The molecule has 3 rings (SSSR count). The fourth-order valence-corrected chi connectivity index (χ4v) is 3.41. The van der Waals surface area contributed by atoms with Crippen LogP contribution in [0.2, 0.25) is 0 Å². The van der Waals surface area contributed by atoms with Gasteiger partial charge in [-0.1, -0.05) is 29.3 Å². The maximum absolute atomic E-state index is 14.9. The average Bonchev–Trinajstić information content (AvgIpc) is 2.69. The predicted octanol–water partition coefficient (Wildman–Crippen LogP) is 5.05. The van der Waals surface area contributed by atoms with Crippen LogP contribution < -0.4 is 10.7 Å². The number of carboxylic acids is 1. The highest BCUT2D eigenvalue weighted by Crippen LogP contribution is 2.37. The van der Waals surface area contributed by atoms with E-state index in [4.69, 9.17) is 0 Å². The van der Waals surface area contributed by atoms with Crippen molar-refractivity contribution in [3.63, 3.8) is 0 Å². The normalized spacial score (nSPS) is 10.9. The zero-order chi connectivity index (χ0) is 22.0. The molecule has 0 unspecified atom stereocenters. The van der Waals surface area contributed by atoms with Crippen molar-refractivity contribution in [1.29, 1.82) is 0 Å². The Labute approximate surface area is 178 Å². The number of hydrogen-bond donors (Lipinski definition) is 2. The van der Waals surface area contributed by atoms with Crippen molar-refractivity contribution in [3.05, 3.63) is 72.7 Å². The number of nitrogens with zero attached hydrogens (tertiary/aromatic N) is 2. The summed E-state index contributed by atoms with van der Waals surface area (Å²) in [4.78, 5) is 35.3. The monoisotopic (exact) mass is 477 g/mol. The number of nitro benzene ring substituents is 1. The number of anilines is 2. The predicted molar refractivity (Wildman–Crippen MR) is 114 cm³/mol. The van der Waals surface area contributed by atoms with Crippen LogP contribution in [0, 0.1) is 15.9 Å². The molecule has 0 aliphatic heterocycles. The first-order valence-corrected chi connectivity index (χ1v) is 9.83. The van der Waals surface area contributed by atoms with Crippen LogP contribution in [0.25, 0.3) is 10.9 Å². The molecule has 10 heteroatoms. The number of fused-ring (bicyclic) bond motifs is 1. The van der Waals surface area contributed by atoms with Crippen LogP contribution in [0.5, 0.6) is 0 Å². The molecule has 0 atom stereocenters. The quantitative estimate of drug-likeness (QED) is 0.363. The fourth-order valence-electron chi connectivity index (χ4n) is 3.15. The van der Waals surface area contributed by atoms with Gasteiger partial charge in [-0.25, -0.2) is 9.18 Å².